The molecule has 0 spiro atoms. The second-order valence-electron chi connectivity index (χ2n) is 0.0583. The van der Waals surface area contributed by atoms with Gasteiger partial charge in [-0.15, -0.1) is 0 Å². The molecule has 0 saturated heterocycles. The number of rotatable bonds is 0. The molecule has 0 aromatic heterocycles. The molecule has 1 nitrogen and oxygen atoms in total. The number of hydrogen-bond donors (Lipinski definition) is 0. The molecule has 0 aromatic rings. The third-order valence-electron chi connectivity index (χ3n) is 0. The first-order valence-electron chi connectivity index (χ1n) is 0.309. The van der Waals surface area contributed by atoms with Gasteiger partial charge in [0.2, 0.25) is 0 Å². The summed E-state index contributed by atoms with van der Waals surface area (Å²) in [5, 5.41) is 0. The quantitative estimate of drug-likeness (QED) is 0.559. The summed E-state index contributed by atoms with van der Waals surface area (Å²) in [6, 6.07) is 0. The first kappa shape index (κ1) is 9.28. The van der Waals surface area contributed by atoms with E-state index in [-0.39, 0.29) is 27.3 Å². The van der Waals surface area contributed by atoms with E-state index in [9.17, 15) is 0 Å². The average molecular weight is 385 g/mol. The third-order valence-corrected chi connectivity index (χ3v) is 0. The van der Waals surface area contributed by atoms with Crippen molar-refractivity contribution in [3.63, 3.8) is 0 Å². The fraction of sp³-hybridized carbons (Fsp3) is 0. The van der Waals surface area contributed by atoms with Crippen molar-refractivity contribution in [2.75, 3.05) is 0 Å². The molecule has 0 aromatic carbocycles. The molecular formula is H2Br2OPb. The van der Waals surface area contributed by atoms with Crippen LogP contribution in [0.25, 0.3) is 0 Å². The van der Waals surface area contributed by atoms with E-state index in [1.807, 2.05) is 0 Å². The molecule has 0 heterocycles. The maximum absolute atomic E-state index is 3.88. The molecule has 0 aliphatic carbocycles. The van der Waals surface area contributed by atoms with Crippen LogP contribution in [0.1, 0.15) is 0 Å². The number of halogens is 2. The molecule has 0 saturated carbocycles. The molecule has 0 aliphatic rings. The van der Waals surface area contributed by atoms with Gasteiger partial charge in [0.1, 0.15) is 32.5 Å². The van der Waals surface area contributed by atoms with E-state index in [1.54, 1.807) is 0 Å². The summed E-state index contributed by atoms with van der Waals surface area (Å²) in [4.78, 5) is 0. The van der Waals surface area contributed by atoms with Crippen LogP contribution in [0.2, 0.25) is 0 Å². The average Bonchev–Trinajstić information content (AvgIpc) is 0.918. The fourth-order valence-electron chi connectivity index (χ4n) is 0. The van der Waals surface area contributed by atoms with Gasteiger partial charge >= 0.3 is 27.3 Å². The van der Waals surface area contributed by atoms with Crippen LogP contribution in [0.15, 0.2) is 0 Å². The van der Waals surface area contributed by atoms with Gasteiger partial charge in [-0.05, 0) is 0 Å². The van der Waals surface area contributed by atoms with Crippen LogP contribution in [-0.4, -0.2) is 27.3 Å². The van der Waals surface area contributed by atoms with Crippen LogP contribution in [0, 0.1) is 0 Å². The zero-order valence-corrected chi connectivity index (χ0v) is 10.5. The van der Waals surface area contributed by atoms with Crippen molar-refractivity contribution in [3.05, 3.63) is 0 Å². The first-order chi connectivity index (χ1) is 1.41. The molecule has 0 atom stereocenters. The topological polar surface area (TPSA) is 9.23 Å². The van der Waals surface area contributed by atoms with Gasteiger partial charge in [-0.25, -0.2) is 2.92 Å². The van der Waals surface area contributed by atoms with Crippen molar-refractivity contribution >= 4 is 59.8 Å². The minimum atomic E-state index is 0. The Labute approximate surface area is 62.2 Å². The number of hydrogen-bond acceptors (Lipinski definition) is 1. The van der Waals surface area contributed by atoms with E-state index in [4.69, 9.17) is 0 Å². The Balaban J connectivity index is 0. The van der Waals surface area contributed by atoms with Gasteiger partial charge in [0.15, 0.2) is 0 Å². The zero-order chi connectivity index (χ0) is 2.71. The van der Waals surface area contributed by atoms with E-state index in [0.717, 1.165) is 0 Å². The normalized spacial score (nSPS) is 4.50. The van der Waals surface area contributed by atoms with Gasteiger partial charge in [0, 0.05) is 0 Å². The Morgan fingerprint density at radius 1 is 1.25 bits per heavy atom. The zero-order valence-electron chi connectivity index (χ0n) is 1.87. The van der Waals surface area contributed by atoms with E-state index in [2.05, 4.69) is 35.4 Å². The second-order valence-corrected chi connectivity index (χ2v) is 1.57. The molecule has 0 N–H and O–H groups in total. The van der Waals surface area contributed by atoms with Crippen LogP contribution >= 0.6 is 32.5 Å². The predicted octanol–water partition coefficient (Wildman–Crippen LogP) is 0.707. The van der Waals surface area contributed by atoms with Crippen molar-refractivity contribution in [1.29, 1.82) is 0 Å². The van der Waals surface area contributed by atoms with Crippen LogP contribution in [-0.2, 0) is 2.92 Å². The Kier molecular flexibility index (Phi) is 20.5. The van der Waals surface area contributed by atoms with Gasteiger partial charge in [-0.2, -0.15) is 0 Å². The van der Waals surface area contributed by atoms with Gasteiger partial charge in [-0.3, -0.25) is 0 Å². The van der Waals surface area contributed by atoms with Crippen LogP contribution in [0.5, 0.6) is 0 Å². The van der Waals surface area contributed by atoms with Crippen LogP contribution < -0.4 is 0 Å². The molecule has 0 fully saturated rings. The summed E-state index contributed by atoms with van der Waals surface area (Å²) in [6.07, 6.45) is 0. The molecule has 0 rings (SSSR count). The molecule has 0 unspecified atom stereocenters. The fourth-order valence-corrected chi connectivity index (χ4v) is 0. The first-order valence-corrected chi connectivity index (χ1v) is 1.60. The van der Waals surface area contributed by atoms with Crippen molar-refractivity contribution < 1.29 is 2.92 Å². The third kappa shape index (κ3) is 9.15. The van der Waals surface area contributed by atoms with Gasteiger partial charge in [0.25, 0.3) is 0 Å². The van der Waals surface area contributed by atoms with E-state index in [1.165, 1.54) is 0 Å². The monoisotopic (exact) mass is 384 g/mol. The van der Waals surface area contributed by atoms with Gasteiger partial charge in [-0.1, -0.05) is 0 Å². The Morgan fingerprint density at radius 2 is 1.25 bits per heavy atom. The molecule has 4 heavy (non-hydrogen) atoms. The standard InChI is InChI=1S/Br2O.Pb.2H/c1-3-2;;;. The van der Waals surface area contributed by atoms with Crippen LogP contribution in [0.4, 0.5) is 0 Å². The van der Waals surface area contributed by atoms with E-state index in [0.29, 0.717) is 0 Å². The molecule has 4 heteroatoms. The maximum atomic E-state index is 3.88. The summed E-state index contributed by atoms with van der Waals surface area (Å²) in [5.41, 5.74) is 0. The molecule has 26 valence electrons. The molecule has 0 bridgehead atoms. The Bertz CT molecular complexity index is 6.00. The van der Waals surface area contributed by atoms with Crippen molar-refractivity contribution in [1.82, 2.24) is 0 Å². The van der Waals surface area contributed by atoms with Gasteiger partial charge < -0.3 is 0 Å². The predicted molar refractivity (Wildman–Crippen MR) is 27.5 cm³/mol. The van der Waals surface area contributed by atoms with E-state index >= 15 is 0 Å². The summed E-state index contributed by atoms with van der Waals surface area (Å²) in [6.45, 7) is 0. The molecule has 2 radical (unpaired) electrons. The van der Waals surface area contributed by atoms with Crippen molar-refractivity contribution in [3.8, 4) is 0 Å². The molecular weight excluding hydrogens is 383 g/mol. The Morgan fingerprint density at radius 3 is 1.25 bits per heavy atom. The second kappa shape index (κ2) is 8.85. The van der Waals surface area contributed by atoms with E-state index < -0.39 is 0 Å². The minimum absolute atomic E-state index is 0. The van der Waals surface area contributed by atoms with Gasteiger partial charge in [0.05, 0.1) is 0 Å². The summed E-state index contributed by atoms with van der Waals surface area (Å²) >= 11 is 5.12. The van der Waals surface area contributed by atoms with Crippen molar-refractivity contribution in [2.45, 2.75) is 0 Å². The summed E-state index contributed by atoms with van der Waals surface area (Å²) in [7, 11) is 0. The molecule has 0 amide bonds. The Hall–Kier alpha value is 1.84. The van der Waals surface area contributed by atoms with Crippen LogP contribution in [0.3, 0.4) is 0 Å². The summed E-state index contributed by atoms with van der Waals surface area (Å²) < 4.78 is 3.88. The molecule has 0 aliphatic heterocycles. The van der Waals surface area contributed by atoms with Crippen molar-refractivity contribution in [2.24, 2.45) is 0 Å². The SMILES string of the molecule is BrOBr.[PbH2]. The summed E-state index contributed by atoms with van der Waals surface area (Å²) in [5.74, 6) is 0.